The van der Waals surface area contributed by atoms with E-state index in [9.17, 15) is 17.6 Å². The van der Waals surface area contributed by atoms with E-state index in [0.29, 0.717) is 17.5 Å². The van der Waals surface area contributed by atoms with Gasteiger partial charge in [-0.1, -0.05) is 48.5 Å². The van der Waals surface area contributed by atoms with E-state index in [4.69, 9.17) is 4.52 Å². The molecule has 6 nitrogen and oxygen atoms in total. The third-order valence-corrected chi connectivity index (χ3v) is 7.63. The van der Waals surface area contributed by atoms with Crippen molar-refractivity contribution in [1.29, 1.82) is 0 Å². The number of hydrogen-bond acceptors (Lipinski definition) is 5. The minimum atomic E-state index is -3.19. The first kappa shape index (κ1) is 22.2. The van der Waals surface area contributed by atoms with Crippen LogP contribution in [0.2, 0.25) is 0 Å². The molecule has 1 atom stereocenters. The Hall–Kier alpha value is -3.00. The van der Waals surface area contributed by atoms with Gasteiger partial charge in [-0.2, -0.15) is 0 Å². The predicted molar refractivity (Wildman–Crippen MR) is 119 cm³/mol. The van der Waals surface area contributed by atoms with Crippen LogP contribution < -0.4 is 0 Å². The predicted octanol–water partition coefficient (Wildman–Crippen LogP) is 4.18. The van der Waals surface area contributed by atoms with Gasteiger partial charge in [-0.15, -0.1) is 0 Å². The molecule has 0 saturated carbocycles. The van der Waals surface area contributed by atoms with Crippen LogP contribution in [0.15, 0.2) is 53.1 Å². The second-order valence-electron chi connectivity index (χ2n) is 8.20. The monoisotopic (exact) mass is 456 g/mol. The number of halogens is 1. The van der Waals surface area contributed by atoms with Crippen LogP contribution in [-0.4, -0.2) is 41.9 Å². The Kier molecular flexibility index (Phi) is 6.15. The van der Waals surface area contributed by atoms with Gasteiger partial charge in [0.2, 0.25) is 0 Å². The normalized spacial score (nSPS) is 17.4. The molecule has 2 aromatic carbocycles. The fraction of sp³-hybridized carbons (Fsp3) is 0.333. The van der Waals surface area contributed by atoms with Gasteiger partial charge >= 0.3 is 0 Å². The molecule has 4 rings (SSSR count). The van der Waals surface area contributed by atoms with Crippen molar-refractivity contribution in [3.8, 4) is 11.3 Å². The van der Waals surface area contributed by atoms with Crippen molar-refractivity contribution in [1.82, 2.24) is 10.1 Å². The molecule has 0 radical (unpaired) electrons. The molecule has 32 heavy (non-hydrogen) atoms. The quantitative estimate of drug-likeness (QED) is 0.556. The molecule has 0 N–H and O–H groups in total. The standard InChI is InChI=1S/C24H25FN2O4S/c1-3-17-5-7-18(8-6-17)14-27(20-10-11-32(29,30)15-20)24(28)22-13-23(31-26-22)19-9-4-16(2)21(25)12-19/h4-9,12-13,20H,3,10-11,14-15H2,1-2H3/t20-/m0/s1. The van der Waals surface area contributed by atoms with Gasteiger partial charge in [-0.05, 0) is 42.5 Å². The summed E-state index contributed by atoms with van der Waals surface area (Å²) in [6, 6.07) is 13.6. The molecule has 0 aliphatic carbocycles. The van der Waals surface area contributed by atoms with Gasteiger partial charge < -0.3 is 9.42 Å². The minimum Gasteiger partial charge on any atom is -0.355 e. The van der Waals surface area contributed by atoms with Crippen LogP contribution in [-0.2, 0) is 22.8 Å². The Morgan fingerprint density at radius 2 is 1.88 bits per heavy atom. The summed E-state index contributed by atoms with van der Waals surface area (Å²) in [5, 5.41) is 3.90. The topological polar surface area (TPSA) is 80.5 Å². The Bertz CT molecular complexity index is 1240. The van der Waals surface area contributed by atoms with Gasteiger partial charge in [0.05, 0.1) is 11.5 Å². The molecule has 0 unspecified atom stereocenters. The van der Waals surface area contributed by atoms with Crippen LogP contribution in [0.4, 0.5) is 4.39 Å². The lowest BCUT2D eigenvalue weighted by Gasteiger charge is -2.27. The van der Waals surface area contributed by atoms with Crippen molar-refractivity contribution in [3.63, 3.8) is 0 Å². The maximum Gasteiger partial charge on any atom is 0.276 e. The summed E-state index contributed by atoms with van der Waals surface area (Å²) in [4.78, 5) is 14.9. The zero-order chi connectivity index (χ0) is 22.9. The summed E-state index contributed by atoms with van der Waals surface area (Å²) in [5.74, 6) is -0.518. The summed E-state index contributed by atoms with van der Waals surface area (Å²) < 4.78 is 43.4. The maximum absolute atomic E-state index is 13.9. The highest BCUT2D eigenvalue weighted by Gasteiger charge is 2.36. The molecular formula is C24H25FN2O4S. The lowest BCUT2D eigenvalue weighted by atomic mass is 10.1. The molecule has 0 bridgehead atoms. The zero-order valence-corrected chi connectivity index (χ0v) is 18.9. The number of sulfone groups is 1. The highest BCUT2D eigenvalue weighted by atomic mass is 32.2. The number of nitrogens with zero attached hydrogens (tertiary/aromatic N) is 2. The number of amides is 1. The van der Waals surface area contributed by atoms with Crippen LogP contribution >= 0.6 is 0 Å². The fourth-order valence-corrected chi connectivity index (χ4v) is 5.60. The van der Waals surface area contributed by atoms with E-state index in [1.807, 2.05) is 24.3 Å². The number of carbonyl (C=O) groups excluding carboxylic acids is 1. The van der Waals surface area contributed by atoms with Gasteiger partial charge in [-0.3, -0.25) is 4.79 Å². The SMILES string of the molecule is CCc1ccc(CN(C(=O)c2cc(-c3ccc(C)c(F)c3)on2)[C@H]2CCS(=O)(=O)C2)cc1. The summed E-state index contributed by atoms with van der Waals surface area (Å²) in [6.45, 7) is 4.00. The van der Waals surface area contributed by atoms with E-state index in [1.165, 1.54) is 17.7 Å². The first-order valence-electron chi connectivity index (χ1n) is 10.6. The molecule has 1 saturated heterocycles. The van der Waals surface area contributed by atoms with Crippen molar-refractivity contribution in [3.05, 3.63) is 76.7 Å². The number of aromatic nitrogens is 1. The summed E-state index contributed by atoms with van der Waals surface area (Å²) in [6.07, 6.45) is 1.29. The van der Waals surface area contributed by atoms with Gasteiger partial charge in [0, 0.05) is 24.2 Å². The smallest absolute Gasteiger partial charge is 0.276 e. The van der Waals surface area contributed by atoms with Crippen molar-refractivity contribution in [2.45, 2.75) is 39.3 Å². The molecule has 2 heterocycles. The molecule has 0 spiro atoms. The fourth-order valence-electron chi connectivity index (χ4n) is 3.87. The Morgan fingerprint density at radius 1 is 1.16 bits per heavy atom. The number of hydrogen-bond donors (Lipinski definition) is 0. The van der Waals surface area contributed by atoms with Crippen molar-refractivity contribution in [2.75, 3.05) is 11.5 Å². The average Bonchev–Trinajstić information content (AvgIpc) is 3.40. The molecule has 1 amide bonds. The van der Waals surface area contributed by atoms with Crippen LogP contribution in [0.5, 0.6) is 0 Å². The van der Waals surface area contributed by atoms with Gasteiger partial charge in [0.25, 0.3) is 5.91 Å². The molecule has 1 aromatic heterocycles. The van der Waals surface area contributed by atoms with Crippen LogP contribution in [0, 0.1) is 12.7 Å². The minimum absolute atomic E-state index is 0.0585. The van der Waals surface area contributed by atoms with E-state index in [1.54, 1.807) is 24.0 Å². The highest BCUT2D eigenvalue weighted by molar-refractivity contribution is 7.91. The van der Waals surface area contributed by atoms with E-state index in [-0.39, 0.29) is 35.3 Å². The first-order chi connectivity index (χ1) is 15.3. The summed E-state index contributed by atoms with van der Waals surface area (Å²) in [5.41, 5.74) is 3.14. The molecule has 8 heteroatoms. The number of rotatable bonds is 6. The number of benzene rings is 2. The van der Waals surface area contributed by atoms with E-state index >= 15 is 0 Å². The second kappa shape index (κ2) is 8.86. The number of carbonyl (C=O) groups is 1. The van der Waals surface area contributed by atoms with E-state index in [2.05, 4.69) is 12.1 Å². The van der Waals surface area contributed by atoms with Gasteiger partial charge in [0.15, 0.2) is 21.3 Å². The molecule has 3 aromatic rings. The molecule has 168 valence electrons. The first-order valence-corrected chi connectivity index (χ1v) is 12.4. The average molecular weight is 457 g/mol. The van der Waals surface area contributed by atoms with Crippen LogP contribution in [0.25, 0.3) is 11.3 Å². The van der Waals surface area contributed by atoms with Crippen LogP contribution in [0.3, 0.4) is 0 Å². The van der Waals surface area contributed by atoms with Gasteiger partial charge in [-0.25, -0.2) is 12.8 Å². The lowest BCUT2D eigenvalue weighted by molar-refractivity contribution is 0.0670. The van der Waals surface area contributed by atoms with E-state index in [0.717, 1.165) is 12.0 Å². The summed E-state index contributed by atoms with van der Waals surface area (Å²) >= 11 is 0. The van der Waals surface area contributed by atoms with Crippen LogP contribution in [0.1, 0.15) is 40.5 Å². The number of aryl methyl sites for hydroxylation is 2. The third kappa shape index (κ3) is 4.75. The molecule has 1 fully saturated rings. The Morgan fingerprint density at radius 3 is 2.50 bits per heavy atom. The highest BCUT2D eigenvalue weighted by Crippen LogP contribution is 2.26. The lowest BCUT2D eigenvalue weighted by Crippen LogP contribution is -2.40. The second-order valence-corrected chi connectivity index (χ2v) is 10.4. The van der Waals surface area contributed by atoms with Crippen molar-refractivity contribution < 1.29 is 22.1 Å². The Balaban J connectivity index is 1.62. The van der Waals surface area contributed by atoms with Crippen molar-refractivity contribution in [2.24, 2.45) is 0 Å². The maximum atomic E-state index is 13.9. The Labute approximate surface area is 187 Å². The van der Waals surface area contributed by atoms with E-state index < -0.39 is 21.8 Å². The van der Waals surface area contributed by atoms with Gasteiger partial charge in [0.1, 0.15) is 5.82 Å². The molecule has 1 aliphatic heterocycles. The largest absolute Gasteiger partial charge is 0.355 e. The zero-order valence-electron chi connectivity index (χ0n) is 18.0. The molecule has 1 aliphatic rings. The summed E-state index contributed by atoms with van der Waals surface area (Å²) in [7, 11) is -3.19. The third-order valence-electron chi connectivity index (χ3n) is 5.88. The van der Waals surface area contributed by atoms with Crippen molar-refractivity contribution >= 4 is 15.7 Å². The molecular weight excluding hydrogens is 431 g/mol.